The summed E-state index contributed by atoms with van der Waals surface area (Å²) in [5.74, 6) is -0.0792. The highest BCUT2D eigenvalue weighted by molar-refractivity contribution is 7.12. The molecule has 1 aromatic heterocycles. The third-order valence-electron chi connectivity index (χ3n) is 5.16. The van der Waals surface area contributed by atoms with Gasteiger partial charge in [0.25, 0.3) is 11.8 Å². The number of thiophene rings is 1. The van der Waals surface area contributed by atoms with Crippen molar-refractivity contribution in [3.8, 4) is 0 Å². The van der Waals surface area contributed by atoms with Crippen molar-refractivity contribution >= 4 is 46.1 Å². The van der Waals surface area contributed by atoms with E-state index in [-0.39, 0.29) is 11.8 Å². The number of hydrogen-bond donors (Lipinski definition) is 1. The summed E-state index contributed by atoms with van der Waals surface area (Å²) in [6, 6.07) is 16.7. The van der Waals surface area contributed by atoms with Crippen molar-refractivity contribution in [3.05, 3.63) is 81.0 Å². The van der Waals surface area contributed by atoms with Gasteiger partial charge < -0.3 is 15.1 Å². The number of benzene rings is 2. The van der Waals surface area contributed by atoms with Crippen molar-refractivity contribution in [3.63, 3.8) is 0 Å². The number of nitrogens with one attached hydrogen (secondary N) is 1. The number of carbonyl (C=O) groups excluding carboxylic acids is 2. The molecule has 1 aliphatic rings. The summed E-state index contributed by atoms with van der Waals surface area (Å²) in [6.07, 6.45) is 0. The van der Waals surface area contributed by atoms with Gasteiger partial charge in [0.05, 0.1) is 15.6 Å². The minimum atomic E-state index is -0.167. The van der Waals surface area contributed by atoms with Gasteiger partial charge in [-0.1, -0.05) is 35.4 Å². The van der Waals surface area contributed by atoms with Gasteiger partial charge in [-0.05, 0) is 48.7 Å². The summed E-state index contributed by atoms with van der Waals surface area (Å²) in [5.41, 5.74) is 3.28. The van der Waals surface area contributed by atoms with Crippen LogP contribution in [0.5, 0.6) is 0 Å². The molecule has 0 aliphatic carbocycles. The van der Waals surface area contributed by atoms with Crippen LogP contribution >= 0.6 is 22.9 Å². The van der Waals surface area contributed by atoms with Crippen molar-refractivity contribution in [2.24, 2.45) is 0 Å². The molecule has 3 aromatic rings. The Labute approximate surface area is 184 Å². The monoisotopic (exact) mass is 439 g/mol. The second-order valence-electron chi connectivity index (χ2n) is 7.24. The van der Waals surface area contributed by atoms with E-state index in [0.717, 1.165) is 16.1 Å². The van der Waals surface area contributed by atoms with E-state index in [9.17, 15) is 9.59 Å². The van der Waals surface area contributed by atoms with Gasteiger partial charge in [-0.2, -0.15) is 0 Å². The van der Waals surface area contributed by atoms with Crippen molar-refractivity contribution in [1.29, 1.82) is 0 Å². The number of rotatable bonds is 4. The molecule has 1 fully saturated rings. The van der Waals surface area contributed by atoms with Crippen molar-refractivity contribution in [1.82, 2.24) is 4.90 Å². The lowest BCUT2D eigenvalue weighted by atomic mass is 10.1. The lowest BCUT2D eigenvalue weighted by Crippen LogP contribution is -2.48. The summed E-state index contributed by atoms with van der Waals surface area (Å²) >= 11 is 7.99. The van der Waals surface area contributed by atoms with Gasteiger partial charge >= 0.3 is 0 Å². The summed E-state index contributed by atoms with van der Waals surface area (Å²) in [5, 5.41) is 5.39. The zero-order valence-electron chi connectivity index (χ0n) is 16.6. The highest BCUT2D eigenvalue weighted by atomic mass is 35.5. The fourth-order valence-corrected chi connectivity index (χ4v) is 4.45. The molecule has 0 saturated carbocycles. The fraction of sp³-hybridized carbons (Fsp3) is 0.217. The predicted molar refractivity (Wildman–Crippen MR) is 123 cm³/mol. The molecule has 2 heterocycles. The van der Waals surface area contributed by atoms with Gasteiger partial charge in [-0.3, -0.25) is 9.59 Å². The molecule has 1 N–H and O–H groups in total. The van der Waals surface area contributed by atoms with E-state index >= 15 is 0 Å². The molecule has 1 saturated heterocycles. The zero-order chi connectivity index (χ0) is 21.1. The average molecular weight is 440 g/mol. The molecular formula is C23H22ClN3O2S. The standard InChI is InChI=1S/C23H22ClN3O2S/c1-16-4-6-17(7-5-16)22(28)25-18-8-9-20(19(24)15-18)26-10-12-27(13-11-26)23(29)21-3-2-14-30-21/h2-9,14-15H,10-13H2,1H3,(H,25,28). The van der Waals surface area contributed by atoms with Gasteiger partial charge in [0.2, 0.25) is 0 Å². The van der Waals surface area contributed by atoms with E-state index in [1.165, 1.54) is 11.3 Å². The third kappa shape index (κ3) is 4.50. The number of piperazine rings is 1. The van der Waals surface area contributed by atoms with Crippen LogP contribution in [-0.2, 0) is 0 Å². The van der Waals surface area contributed by atoms with E-state index in [1.54, 1.807) is 18.2 Å². The van der Waals surface area contributed by atoms with Crippen LogP contribution in [0.25, 0.3) is 0 Å². The molecule has 5 nitrogen and oxygen atoms in total. The Hall–Kier alpha value is -2.83. The number of carbonyl (C=O) groups is 2. The lowest BCUT2D eigenvalue weighted by Gasteiger charge is -2.36. The van der Waals surface area contributed by atoms with Crippen LogP contribution in [0.4, 0.5) is 11.4 Å². The fourth-order valence-electron chi connectivity index (χ4n) is 3.46. The molecule has 1 aliphatic heterocycles. The maximum atomic E-state index is 12.5. The van der Waals surface area contributed by atoms with Crippen LogP contribution in [-0.4, -0.2) is 42.9 Å². The van der Waals surface area contributed by atoms with Crippen molar-refractivity contribution in [2.75, 3.05) is 36.4 Å². The van der Waals surface area contributed by atoms with Crippen LogP contribution in [0.2, 0.25) is 5.02 Å². The second-order valence-corrected chi connectivity index (χ2v) is 8.60. The first-order chi connectivity index (χ1) is 14.5. The SMILES string of the molecule is Cc1ccc(C(=O)Nc2ccc(N3CCN(C(=O)c4cccs4)CC3)c(Cl)c2)cc1. The minimum absolute atomic E-state index is 0.0879. The molecule has 0 bridgehead atoms. The van der Waals surface area contributed by atoms with Crippen molar-refractivity contribution < 1.29 is 9.59 Å². The van der Waals surface area contributed by atoms with Crippen LogP contribution < -0.4 is 10.2 Å². The molecule has 7 heteroatoms. The smallest absolute Gasteiger partial charge is 0.264 e. The van der Waals surface area contributed by atoms with Crippen LogP contribution in [0.1, 0.15) is 25.6 Å². The maximum Gasteiger partial charge on any atom is 0.264 e. The Morgan fingerprint density at radius 3 is 2.37 bits per heavy atom. The molecule has 0 atom stereocenters. The minimum Gasteiger partial charge on any atom is -0.367 e. The van der Waals surface area contributed by atoms with E-state index in [0.29, 0.717) is 42.5 Å². The Balaban J connectivity index is 1.38. The first kappa shape index (κ1) is 20.4. The summed E-state index contributed by atoms with van der Waals surface area (Å²) in [7, 11) is 0. The number of amides is 2. The Bertz CT molecular complexity index is 1040. The third-order valence-corrected chi connectivity index (χ3v) is 6.32. The van der Waals surface area contributed by atoms with E-state index in [4.69, 9.17) is 11.6 Å². The number of halogens is 1. The topological polar surface area (TPSA) is 52.7 Å². The van der Waals surface area contributed by atoms with Crippen LogP contribution in [0.15, 0.2) is 60.0 Å². The Morgan fingerprint density at radius 2 is 1.73 bits per heavy atom. The van der Waals surface area contributed by atoms with E-state index in [2.05, 4.69) is 10.2 Å². The van der Waals surface area contributed by atoms with Gasteiger partial charge in [-0.15, -0.1) is 11.3 Å². The number of hydrogen-bond acceptors (Lipinski definition) is 4. The van der Waals surface area contributed by atoms with E-state index < -0.39 is 0 Å². The number of aryl methyl sites for hydroxylation is 1. The summed E-state index contributed by atoms with van der Waals surface area (Å²) < 4.78 is 0. The second kappa shape index (κ2) is 8.90. The highest BCUT2D eigenvalue weighted by Gasteiger charge is 2.24. The molecule has 0 radical (unpaired) electrons. The lowest BCUT2D eigenvalue weighted by molar-refractivity contribution is 0.0751. The molecule has 0 spiro atoms. The molecule has 0 unspecified atom stereocenters. The molecule has 154 valence electrons. The van der Waals surface area contributed by atoms with Gasteiger partial charge in [0.1, 0.15) is 0 Å². The summed E-state index contributed by atoms with van der Waals surface area (Å²) in [6.45, 7) is 4.72. The summed E-state index contributed by atoms with van der Waals surface area (Å²) in [4.78, 5) is 29.8. The van der Waals surface area contributed by atoms with E-state index in [1.807, 2.05) is 53.6 Å². The highest BCUT2D eigenvalue weighted by Crippen LogP contribution is 2.30. The normalized spacial score (nSPS) is 13.9. The molecule has 30 heavy (non-hydrogen) atoms. The quantitative estimate of drug-likeness (QED) is 0.627. The molecule has 4 rings (SSSR count). The van der Waals surface area contributed by atoms with Crippen LogP contribution in [0, 0.1) is 6.92 Å². The average Bonchev–Trinajstić information content (AvgIpc) is 3.29. The first-order valence-electron chi connectivity index (χ1n) is 9.76. The number of anilines is 2. The van der Waals surface area contributed by atoms with Crippen molar-refractivity contribution in [2.45, 2.75) is 6.92 Å². The maximum absolute atomic E-state index is 12.5. The van der Waals surface area contributed by atoms with Gasteiger partial charge in [0, 0.05) is 37.4 Å². The molecular weight excluding hydrogens is 418 g/mol. The van der Waals surface area contributed by atoms with Crippen LogP contribution in [0.3, 0.4) is 0 Å². The molecule has 2 amide bonds. The molecule has 2 aromatic carbocycles. The van der Waals surface area contributed by atoms with Gasteiger partial charge in [-0.25, -0.2) is 0 Å². The Morgan fingerprint density at radius 1 is 1.00 bits per heavy atom. The largest absolute Gasteiger partial charge is 0.367 e. The zero-order valence-corrected chi connectivity index (χ0v) is 18.2. The Kier molecular flexibility index (Phi) is 6.06. The number of nitrogens with zero attached hydrogens (tertiary/aromatic N) is 2. The first-order valence-corrected chi connectivity index (χ1v) is 11.0. The predicted octanol–water partition coefficient (Wildman–Crippen LogP) is 4.92. The van der Waals surface area contributed by atoms with Gasteiger partial charge in [0.15, 0.2) is 0 Å².